The van der Waals surface area contributed by atoms with Gasteiger partial charge in [-0.05, 0) is 48.0 Å². The number of allylic oxidation sites excluding steroid dienone is 1. The van der Waals surface area contributed by atoms with Crippen LogP contribution in [0.1, 0.15) is 57.6 Å². The highest BCUT2D eigenvalue weighted by Gasteiger charge is 2.97. The minimum atomic E-state index is -1.06. The zero-order valence-electron chi connectivity index (χ0n) is 24.0. The van der Waals surface area contributed by atoms with Gasteiger partial charge in [0.1, 0.15) is 25.3 Å². The number of ether oxygens (including phenoxy) is 5. The predicted octanol–water partition coefficient (Wildman–Crippen LogP) is 5.52. The molecule has 7 nitrogen and oxygen atoms in total. The van der Waals surface area contributed by atoms with Crippen LogP contribution in [-0.2, 0) is 46.5 Å². The third-order valence-corrected chi connectivity index (χ3v) is 11.0. The summed E-state index contributed by atoms with van der Waals surface area (Å²) < 4.78 is 32.1. The lowest BCUT2D eigenvalue weighted by Gasteiger charge is -2.62. The predicted molar refractivity (Wildman–Crippen MR) is 149 cm³/mol. The number of rotatable bonds is 10. The number of Topliss-reactive ketones (excluding diaryl/α,β-unsaturated/α-hetero) is 1. The van der Waals surface area contributed by atoms with E-state index in [2.05, 4.69) is 13.8 Å². The topological polar surface area (TPSA) is 80.3 Å². The quantitative estimate of drug-likeness (QED) is 0.216. The van der Waals surface area contributed by atoms with Gasteiger partial charge < -0.3 is 23.7 Å². The molecule has 5 aliphatic rings. The van der Waals surface area contributed by atoms with Gasteiger partial charge in [-0.1, -0.05) is 74.5 Å². The van der Waals surface area contributed by atoms with Crippen LogP contribution in [-0.4, -0.2) is 42.6 Å². The number of fused-ring (bicyclic) bond motifs is 1. The van der Waals surface area contributed by atoms with Gasteiger partial charge in [0.05, 0.1) is 19.6 Å². The number of benzene rings is 2. The summed E-state index contributed by atoms with van der Waals surface area (Å²) in [6, 6.07) is 20.0. The molecule has 7 atom stereocenters. The number of hydrogen-bond acceptors (Lipinski definition) is 7. The van der Waals surface area contributed by atoms with Crippen LogP contribution < -0.4 is 0 Å². The third kappa shape index (κ3) is 3.52. The normalized spacial score (nSPS) is 38.4. The van der Waals surface area contributed by atoms with E-state index in [4.69, 9.17) is 23.7 Å². The molecule has 41 heavy (non-hydrogen) atoms. The van der Waals surface area contributed by atoms with Crippen LogP contribution in [0.4, 0.5) is 0 Å². The first-order chi connectivity index (χ1) is 19.8. The molecule has 216 valence electrons. The van der Waals surface area contributed by atoms with Crippen LogP contribution in [0.2, 0.25) is 0 Å². The van der Waals surface area contributed by atoms with E-state index in [0.29, 0.717) is 26.1 Å². The lowest BCUT2D eigenvalue weighted by Crippen LogP contribution is -2.75. The molecule has 0 amide bonds. The van der Waals surface area contributed by atoms with E-state index in [1.807, 2.05) is 67.6 Å². The Morgan fingerprint density at radius 1 is 0.902 bits per heavy atom. The average molecular weight is 559 g/mol. The van der Waals surface area contributed by atoms with Crippen molar-refractivity contribution in [1.29, 1.82) is 0 Å². The largest absolute Gasteiger partial charge is 0.452 e. The molecular formula is C34H38O7. The second kappa shape index (κ2) is 9.60. The van der Waals surface area contributed by atoms with Crippen molar-refractivity contribution in [2.24, 2.45) is 22.7 Å². The van der Waals surface area contributed by atoms with E-state index in [0.717, 1.165) is 28.7 Å². The summed E-state index contributed by atoms with van der Waals surface area (Å²) in [5.74, 6) is -0.0961. The molecule has 1 aliphatic heterocycles. The molecule has 1 heterocycles. The van der Waals surface area contributed by atoms with E-state index in [-0.39, 0.29) is 43.6 Å². The van der Waals surface area contributed by atoms with E-state index in [9.17, 15) is 9.59 Å². The first-order valence-electron chi connectivity index (χ1n) is 14.8. The molecule has 2 aromatic carbocycles. The lowest BCUT2D eigenvalue weighted by molar-refractivity contribution is -0.335. The van der Waals surface area contributed by atoms with Gasteiger partial charge in [0.2, 0.25) is 0 Å². The zero-order valence-corrected chi connectivity index (χ0v) is 24.0. The minimum absolute atomic E-state index is 0.0597. The first-order valence-corrected chi connectivity index (χ1v) is 14.8. The number of carbonyl (C=O) groups is 2. The summed E-state index contributed by atoms with van der Waals surface area (Å²) in [5, 5.41) is 0. The number of carbonyl (C=O) groups excluding carboxylic acids is 2. The van der Waals surface area contributed by atoms with Crippen molar-refractivity contribution in [1.82, 2.24) is 0 Å². The van der Waals surface area contributed by atoms with E-state index >= 15 is 0 Å². The van der Waals surface area contributed by atoms with Crippen LogP contribution in [0.25, 0.3) is 0 Å². The molecule has 2 aromatic rings. The number of hydrogen-bond donors (Lipinski definition) is 0. The van der Waals surface area contributed by atoms with Crippen molar-refractivity contribution < 1.29 is 33.3 Å². The van der Waals surface area contributed by atoms with E-state index < -0.39 is 28.1 Å². The number of ketones is 1. The van der Waals surface area contributed by atoms with Crippen LogP contribution >= 0.6 is 0 Å². The van der Waals surface area contributed by atoms with Crippen LogP contribution in [0.3, 0.4) is 0 Å². The maximum atomic E-state index is 13.4. The highest BCUT2D eigenvalue weighted by molar-refractivity contribution is 6.04. The molecule has 7 heteroatoms. The smallest absolute Gasteiger partial charge is 0.307 e. The lowest BCUT2D eigenvalue weighted by atomic mass is 9.53. The van der Waals surface area contributed by atoms with Gasteiger partial charge in [0.25, 0.3) is 0 Å². The van der Waals surface area contributed by atoms with E-state index in [1.54, 1.807) is 0 Å². The Balaban J connectivity index is 1.22. The van der Waals surface area contributed by atoms with Crippen molar-refractivity contribution in [3.8, 4) is 0 Å². The fourth-order valence-corrected chi connectivity index (χ4v) is 9.32. The summed E-state index contributed by atoms with van der Waals surface area (Å²) >= 11 is 0. The molecule has 4 aliphatic carbocycles. The molecule has 3 saturated carbocycles. The fourth-order valence-electron chi connectivity index (χ4n) is 9.32. The standard InChI is InChI=1S/C34H38O7/c1-22-14-15-33(40-21-38-19-25-12-8-5-9-13-25)31(3)17-27(36)41-34(33,29-28-23(2)26(35)16-32(28,29)31)30(22)39-20-37-18-24-10-6-4-7-11-24/h4-13,22,29-30H,14-21H2,1-3H3/t22?,29?,30?,31?,32-,33+,34?/m1/s1. The molecule has 7 rings (SSSR count). The second-order valence-electron chi connectivity index (χ2n) is 12.8. The van der Waals surface area contributed by atoms with Gasteiger partial charge >= 0.3 is 5.97 Å². The highest BCUT2D eigenvalue weighted by Crippen LogP contribution is 2.91. The summed E-state index contributed by atoms with van der Waals surface area (Å²) in [5.41, 5.74) is 1.12. The third-order valence-electron chi connectivity index (χ3n) is 11.0. The zero-order chi connectivity index (χ0) is 28.5. The summed E-state index contributed by atoms with van der Waals surface area (Å²) in [4.78, 5) is 26.5. The molecule has 2 bridgehead atoms. The Morgan fingerprint density at radius 2 is 1.54 bits per heavy atom. The van der Waals surface area contributed by atoms with Crippen LogP contribution in [0.15, 0.2) is 71.8 Å². The Morgan fingerprint density at radius 3 is 2.20 bits per heavy atom. The average Bonchev–Trinajstić information content (AvgIpc) is 3.55. The monoisotopic (exact) mass is 558 g/mol. The maximum Gasteiger partial charge on any atom is 0.307 e. The van der Waals surface area contributed by atoms with Crippen LogP contribution in [0, 0.1) is 22.7 Å². The van der Waals surface area contributed by atoms with Crippen molar-refractivity contribution in [2.45, 2.75) is 77.0 Å². The summed E-state index contributed by atoms with van der Waals surface area (Å²) in [6.07, 6.45) is 1.70. The highest BCUT2D eigenvalue weighted by atomic mass is 16.7. The van der Waals surface area contributed by atoms with Crippen LogP contribution in [0.5, 0.6) is 0 Å². The molecule has 5 unspecified atom stereocenters. The Bertz CT molecular complexity index is 1390. The Labute approximate surface area is 241 Å². The van der Waals surface area contributed by atoms with Crippen molar-refractivity contribution >= 4 is 11.8 Å². The van der Waals surface area contributed by atoms with Gasteiger partial charge in [0, 0.05) is 23.2 Å². The molecule has 0 aromatic heterocycles. The first kappa shape index (κ1) is 27.0. The van der Waals surface area contributed by atoms with Gasteiger partial charge in [-0.3, -0.25) is 9.59 Å². The molecule has 4 fully saturated rings. The molecule has 1 spiro atoms. The summed E-state index contributed by atoms with van der Waals surface area (Å²) in [6.45, 7) is 7.20. The number of esters is 1. The fraction of sp³-hybridized carbons (Fsp3) is 0.529. The minimum Gasteiger partial charge on any atom is -0.452 e. The Kier molecular flexibility index (Phi) is 6.32. The molecule has 1 saturated heterocycles. The van der Waals surface area contributed by atoms with Crippen molar-refractivity contribution in [3.05, 3.63) is 82.9 Å². The second-order valence-corrected chi connectivity index (χ2v) is 12.8. The molecule has 0 radical (unpaired) electrons. The molecular weight excluding hydrogens is 520 g/mol. The summed E-state index contributed by atoms with van der Waals surface area (Å²) in [7, 11) is 0. The SMILES string of the molecule is CC1=C2C3C45OC(=O)CC(C)([C@@]4(OCOCc4ccccc4)CCC(C)C5OCOCc4ccccc4)[C@]23CC1=O. The van der Waals surface area contributed by atoms with Crippen molar-refractivity contribution in [2.75, 3.05) is 13.6 Å². The van der Waals surface area contributed by atoms with Gasteiger partial charge in [-0.2, -0.15) is 0 Å². The molecule has 0 N–H and O–H groups in total. The van der Waals surface area contributed by atoms with Crippen molar-refractivity contribution in [3.63, 3.8) is 0 Å². The van der Waals surface area contributed by atoms with E-state index in [1.165, 1.54) is 0 Å². The van der Waals surface area contributed by atoms with Gasteiger partial charge in [-0.25, -0.2) is 0 Å². The van der Waals surface area contributed by atoms with Gasteiger partial charge in [-0.15, -0.1) is 0 Å². The Hall–Kier alpha value is -2.84. The maximum absolute atomic E-state index is 13.4. The van der Waals surface area contributed by atoms with Gasteiger partial charge in [0.15, 0.2) is 11.4 Å².